The molecule has 8 nitrogen and oxygen atoms in total. The van der Waals surface area contributed by atoms with E-state index in [0.717, 1.165) is 36.8 Å². The van der Waals surface area contributed by atoms with Crippen LogP contribution >= 0.6 is 23.1 Å². The van der Waals surface area contributed by atoms with Crippen molar-refractivity contribution in [1.82, 2.24) is 20.1 Å². The second-order valence-corrected chi connectivity index (χ2v) is 9.87. The van der Waals surface area contributed by atoms with Gasteiger partial charge in [0.15, 0.2) is 11.0 Å². The van der Waals surface area contributed by atoms with E-state index in [2.05, 4.69) is 26.9 Å². The molecule has 0 spiro atoms. The Kier molecular flexibility index (Phi) is 7.11. The largest absolute Gasteiger partial charge is 0.345 e. The van der Waals surface area contributed by atoms with Crippen LogP contribution in [0.2, 0.25) is 0 Å². The van der Waals surface area contributed by atoms with Crippen molar-refractivity contribution in [3.05, 3.63) is 57.2 Å². The Balaban J connectivity index is 1.33. The van der Waals surface area contributed by atoms with E-state index in [-0.39, 0.29) is 24.1 Å². The summed E-state index contributed by atoms with van der Waals surface area (Å²) >= 11 is 2.78. The fourth-order valence-electron chi connectivity index (χ4n) is 3.77. The van der Waals surface area contributed by atoms with E-state index >= 15 is 0 Å². The summed E-state index contributed by atoms with van der Waals surface area (Å²) in [6.07, 6.45) is 4.09. The van der Waals surface area contributed by atoms with Crippen molar-refractivity contribution in [2.75, 3.05) is 11.1 Å². The molecule has 0 unspecified atom stereocenters. The van der Waals surface area contributed by atoms with Crippen molar-refractivity contribution in [3.8, 4) is 6.07 Å². The Morgan fingerprint density at radius 2 is 2.03 bits per heavy atom. The van der Waals surface area contributed by atoms with Gasteiger partial charge in [0.25, 0.3) is 5.91 Å². The number of nitrogens with zero attached hydrogens (tertiary/aromatic N) is 4. The number of fused-ring (bicyclic) bond motifs is 1. The van der Waals surface area contributed by atoms with Gasteiger partial charge in [-0.05, 0) is 49.8 Å². The minimum Gasteiger partial charge on any atom is -0.345 e. The lowest BCUT2D eigenvalue weighted by Gasteiger charge is -2.09. The maximum atomic E-state index is 12.5. The van der Waals surface area contributed by atoms with Gasteiger partial charge in [0.2, 0.25) is 5.91 Å². The topological polar surface area (TPSA) is 113 Å². The summed E-state index contributed by atoms with van der Waals surface area (Å²) in [4.78, 5) is 26.2. The van der Waals surface area contributed by atoms with E-state index in [1.807, 2.05) is 25.1 Å². The maximum absolute atomic E-state index is 12.5. The Labute approximate surface area is 200 Å². The summed E-state index contributed by atoms with van der Waals surface area (Å²) in [6, 6.07) is 9.65. The summed E-state index contributed by atoms with van der Waals surface area (Å²) in [5, 5.41) is 24.8. The molecule has 33 heavy (non-hydrogen) atoms. The minimum absolute atomic E-state index is 0.148. The zero-order valence-electron chi connectivity index (χ0n) is 18.5. The molecule has 4 rings (SSSR count). The smallest absolute Gasteiger partial charge is 0.251 e. The van der Waals surface area contributed by atoms with Crippen molar-refractivity contribution >= 4 is 39.9 Å². The van der Waals surface area contributed by atoms with Crippen molar-refractivity contribution < 1.29 is 9.59 Å². The lowest BCUT2D eigenvalue weighted by molar-refractivity contribution is -0.113. The number of aryl methyl sites for hydroxylation is 2. The number of nitriles is 1. The fraction of sp³-hybridized carbons (Fsp3) is 0.348. The molecule has 1 aromatic carbocycles. The number of anilines is 1. The Morgan fingerprint density at radius 1 is 1.24 bits per heavy atom. The molecule has 0 saturated carbocycles. The normalized spacial score (nSPS) is 12.6. The molecule has 0 aliphatic heterocycles. The lowest BCUT2D eigenvalue weighted by atomic mass is 9.96. The molecular weight excluding hydrogens is 456 g/mol. The zero-order valence-corrected chi connectivity index (χ0v) is 20.1. The van der Waals surface area contributed by atoms with E-state index < -0.39 is 0 Å². The van der Waals surface area contributed by atoms with Gasteiger partial charge < -0.3 is 15.2 Å². The molecule has 2 aromatic heterocycles. The van der Waals surface area contributed by atoms with Gasteiger partial charge in [-0.1, -0.05) is 30.0 Å². The molecule has 1 aliphatic carbocycles. The average Bonchev–Trinajstić information content (AvgIpc) is 3.35. The highest BCUT2D eigenvalue weighted by molar-refractivity contribution is 7.99. The van der Waals surface area contributed by atoms with Crippen LogP contribution in [0.25, 0.3) is 0 Å². The molecule has 170 valence electrons. The van der Waals surface area contributed by atoms with Gasteiger partial charge >= 0.3 is 0 Å². The number of hydrogen-bond acceptors (Lipinski definition) is 7. The van der Waals surface area contributed by atoms with Gasteiger partial charge in [-0.15, -0.1) is 21.5 Å². The van der Waals surface area contributed by atoms with Crippen LogP contribution in [0.5, 0.6) is 0 Å². The summed E-state index contributed by atoms with van der Waals surface area (Å²) in [5.74, 6) is 0.385. The third-order valence-electron chi connectivity index (χ3n) is 5.59. The van der Waals surface area contributed by atoms with Crippen LogP contribution in [-0.4, -0.2) is 32.3 Å². The molecule has 10 heteroatoms. The van der Waals surface area contributed by atoms with Crippen molar-refractivity contribution in [2.24, 2.45) is 7.05 Å². The highest BCUT2D eigenvalue weighted by Crippen LogP contribution is 2.37. The monoisotopic (exact) mass is 480 g/mol. The third-order valence-corrected chi connectivity index (χ3v) is 7.82. The molecule has 0 bridgehead atoms. The van der Waals surface area contributed by atoms with Crippen molar-refractivity contribution in [2.45, 2.75) is 44.3 Å². The first-order chi connectivity index (χ1) is 16.0. The van der Waals surface area contributed by atoms with Gasteiger partial charge in [-0.3, -0.25) is 9.59 Å². The van der Waals surface area contributed by atoms with Crippen LogP contribution in [0.4, 0.5) is 5.00 Å². The van der Waals surface area contributed by atoms with E-state index in [1.165, 1.54) is 28.0 Å². The molecule has 0 radical (unpaired) electrons. The number of amides is 2. The minimum atomic E-state index is -0.187. The zero-order chi connectivity index (χ0) is 23.4. The van der Waals surface area contributed by atoms with E-state index in [1.54, 1.807) is 17.7 Å². The molecular formula is C23H24N6O2S2. The number of thioether (sulfide) groups is 1. The first-order valence-corrected chi connectivity index (χ1v) is 12.5. The van der Waals surface area contributed by atoms with E-state index in [0.29, 0.717) is 27.1 Å². The van der Waals surface area contributed by atoms with Crippen molar-refractivity contribution in [1.29, 1.82) is 5.26 Å². The van der Waals surface area contributed by atoms with E-state index in [9.17, 15) is 14.9 Å². The molecule has 3 aromatic rings. The number of aromatic nitrogens is 3. The molecule has 2 amide bonds. The van der Waals surface area contributed by atoms with Crippen LogP contribution < -0.4 is 10.6 Å². The molecule has 0 saturated heterocycles. The van der Waals surface area contributed by atoms with Gasteiger partial charge in [0.1, 0.15) is 11.1 Å². The molecule has 0 fully saturated rings. The number of rotatable bonds is 7. The summed E-state index contributed by atoms with van der Waals surface area (Å²) < 4.78 is 1.76. The Bertz CT molecular complexity index is 1240. The van der Waals surface area contributed by atoms with Crippen LogP contribution in [0.15, 0.2) is 29.4 Å². The second kappa shape index (κ2) is 10.2. The number of carbonyl (C=O) groups is 2. The summed E-state index contributed by atoms with van der Waals surface area (Å²) in [7, 11) is 1.80. The molecule has 2 heterocycles. The van der Waals surface area contributed by atoms with Gasteiger partial charge in [0, 0.05) is 17.5 Å². The standard InChI is InChI=1S/C23H24N6O2S2/c1-14-7-3-4-8-15(14)21(31)25-12-19-27-28-23(29(19)2)32-13-20(30)26-22-17(11-24)16-9-5-6-10-18(16)33-22/h3-4,7-8H,5-6,9-10,12-13H2,1-2H3,(H,25,31)(H,26,30). The van der Waals surface area contributed by atoms with Crippen LogP contribution in [-0.2, 0) is 31.2 Å². The van der Waals surface area contributed by atoms with Crippen LogP contribution in [0.1, 0.15) is 50.6 Å². The van der Waals surface area contributed by atoms with Gasteiger partial charge in [-0.25, -0.2) is 0 Å². The summed E-state index contributed by atoms with van der Waals surface area (Å²) in [6.45, 7) is 2.12. The quantitative estimate of drug-likeness (QED) is 0.500. The highest BCUT2D eigenvalue weighted by Gasteiger charge is 2.22. The first kappa shape index (κ1) is 23.0. The second-order valence-electron chi connectivity index (χ2n) is 7.82. The predicted molar refractivity (Wildman–Crippen MR) is 128 cm³/mol. The van der Waals surface area contributed by atoms with Crippen molar-refractivity contribution in [3.63, 3.8) is 0 Å². The highest BCUT2D eigenvalue weighted by atomic mass is 32.2. The number of nitrogens with one attached hydrogen (secondary N) is 2. The third kappa shape index (κ3) is 5.10. The van der Waals surface area contributed by atoms with E-state index in [4.69, 9.17) is 0 Å². The maximum Gasteiger partial charge on any atom is 0.251 e. The predicted octanol–water partition coefficient (Wildman–Crippen LogP) is 3.60. The average molecular weight is 481 g/mol. The van der Waals surface area contributed by atoms with Gasteiger partial charge in [-0.2, -0.15) is 5.26 Å². The number of benzene rings is 1. The Hall–Kier alpha value is -3.16. The molecule has 0 atom stereocenters. The van der Waals surface area contributed by atoms with Gasteiger partial charge in [0.05, 0.1) is 17.9 Å². The Morgan fingerprint density at radius 3 is 2.82 bits per heavy atom. The summed E-state index contributed by atoms with van der Waals surface area (Å²) in [5.41, 5.74) is 3.24. The molecule has 1 aliphatic rings. The fourth-order valence-corrected chi connectivity index (χ4v) is 5.76. The first-order valence-electron chi connectivity index (χ1n) is 10.7. The number of hydrogen-bond donors (Lipinski definition) is 2. The molecule has 2 N–H and O–H groups in total. The lowest BCUT2D eigenvalue weighted by Crippen LogP contribution is -2.25. The SMILES string of the molecule is Cc1ccccc1C(=O)NCc1nnc(SCC(=O)Nc2sc3c(c2C#N)CCCC3)n1C. The number of carbonyl (C=O) groups excluding carboxylic acids is 2. The number of thiophene rings is 1. The van der Waals surface area contributed by atoms with Crippen LogP contribution in [0, 0.1) is 18.3 Å². The van der Waals surface area contributed by atoms with Crippen LogP contribution in [0.3, 0.4) is 0 Å².